The molecule has 0 heterocycles. The van der Waals surface area contributed by atoms with Crippen LogP contribution in [0.25, 0.3) is 0 Å². The van der Waals surface area contributed by atoms with Gasteiger partial charge in [0.15, 0.2) is 0 Å². The van der Waals surface area contributed by atoms with Crippen LogP contribution >= 0.6 is 0 Å². The van der Waals surface area contributed by atoms with Gasteiger partial charge in [-0.25, -0.2) is 0 Å². The second-order valence-corrected chi connectivity index (χ2v) is 5.09. The molecule has 2 rings (SSSR count). The van der Waals surface area contributed by atoms with Gasteiger partial charge in [-0.3, -0.25) is 0 Å². The Labute approximate surface area is 105 Å². The number of benzene rings is 1. The highest BCUT2D eigenvalue weighted by molar-refractivity contribution is 5.29. The van der Waals surface area contributed by atoms with E-state index in [9.17, 15) is 13.2 Å². The highest BCUT2D eigenvalue weighted by atomic mass is 19.4. The quantitative estimate of drug-likeness (QED) is 0.881. The lowest BCUT2D eigenvalue weighted by atomic mass is 9.79. The Morgan fingerprint density at radius 1 is 1.22 bits per heavy atom. The Kier molecular flexibility index (Phi) is 3.95. The predicted octanol–water partition coefficient (Wildman–Crippen LogP) is 3.46. The second kappa shape index (κ2) is 5.31. The topological polar surface area (TPSA) is 26.0 Å². The summed E-state index contributed by atoms with van der Waals surface area (Å²) in [5.74, 6) is 0.183. The minimum Gasteiger partial charge on any atom is -0.327 e. The smallest absolute Gasteiger partial charge is 0.327 e. The Morgan fingerprint density at radius 2 is 1.89 bits per heavy atom. The molecule has 1 aliphatic carbocycles. The van der Waals surface area contributed by atoms with Gasteiger partial charge in [-0.15, -0.1) is 0 Å². The summed E-state index contributed by atoms with van der Waals surface area (Å²) in [6, 6.07) is 7.77. The standard InChI is InChI=1S/C14H18F3N/c15-14(16,17)8-7-13(18)12-6-5-10-3-1-2-4-11(10)9-12/h1-4,12-13H,5-9,18H2. The highest BCUT2D eigenvalue weighted by Crippen LogP contribution is 2.30. The molecule has 0 amide bonds. The van der Waals surface area contributed by atoms with Gasteiger partial charge < -0.3 is 5.73 Å². The van der Waals surface area contributed by atoms with E-state index < -0.39 is 12.6 Å². The van der Waals surface area contributed by atoms with Gasteiger partial charge >= 0.3 is 6.18 Å². The van der Waals surface area contributed by atoms with E-state index in [0.717, 1.165) is 19.3 Å². The van der Waals surface area contributed by atoms with Crippen molar-refractivity contribution < 1.29 is 13.2 Å². The van der Waals surface area contributed by atoms with Gasteiger partial charge in [-0.05, 0) is 42.7 Å². The molecule has 0 bridgehead atoms. The van der Waals surface area contributed by atoms with Crippen LogP contribution in [0.1, 0.15) is 30.4 Å². The first-order valence-corrected chi connectivity index (χ1v) is 6.35. The Morgan fingerprint density at radius 3 is 2.56 bits per heavy atom. The summed E-state index contributed by atoms with van der Waals surface area (Å²) in [6.45, 7) is 0. The number of hydrogen-bond donors (Lipinski definition) is 1. The molecule has 4 heteroatoms. The zero-order chi connectivity index (χ0) is 13.2. The number of rotatable bonds is 3. The first kappa shape index (κ1) is 13.4. The number of alkyl halides is 3. The lowest BCUT2D eigenvalue weighted by Crippen LogP contribution is -2.35. The van der Waals surface area contributed by atoms with Gasteiger partial charge in [-0.2, -0.15) is 13.2 Å². The van der Waals surface area contributed by atoms with Crippen molar-refractivity contribution in [1.29, 1.82) is 0 Å². The summed E-state index contributed by atoms with van der Waals surface area (Å²) < 4.78 is 36.5. The fourth-order valence-corrected chi connectivity index (χ4v) is 2.66. The lowest BCUT2D eigenvalue weighted by molar-refractivity contribution is -0.136. The predicted molar refractivity (Wildman–Crippen MR) is 65.2 cm³/mol. The summed E-state index contributed by atoms with van der Waals surface area (Å²) >= 11 is 0. The van der Waals surface area contributed by atoms with Crippen LogP contribution in [0.5, 0.6) is 0 Å². The van der Waals surface area contributed by atoms with E-state index in [1.807, 2.05) is 12.1 Å². The highest BCUT2D eigenvalue weighted by Gasteiger charge is 2.30. The molecule has 0 aromatic heterocycles. The molecule has 2 atom stereocenters. The zero-order valence-corrected chi connectivity index (χ0v) is 10.2. The molecule has 0 fully saturated rings. The monoisotopic (exact) mass is 257 g/mol. The normalized spacial score (nSPS) is 21.4. The number of nitrogens with two attached hydrogens (primary N) is 1. The molecule has 18 heavy (non-hydrogen) atoms. The summed E-state index contributed by atoms with van der Waals surface area (Å²) in [5, 5.41) is 0. The molecular formula is C14H18F3N. The fourth-order valence-electron chi connectivity index (χ4n) is 2.66. The van der Waals surface area contributed by atoms with Crippen molar-refractivity contribution in [3.8, 4) is 0 Å². The minimum atomic E-state index is -4.09. The number of aryl methyl sites for hydroxylation is 1. The molecular weight excluding hydrogens is 239 g/mol. The van der Waals surface area contributed by atoms with Crippen LogP contribution in [0.3, 0.4) is 0 Å². The van der Waals surface area contributed by atoms with Crippen LogP contribution in [-0.4, -0.2) is 12.2 Å². The largest absolute Gasteiger partial charge is 0.389 e. The summed E-state index contributed by atoms with van der Waals surface area (Å²) in [5.41, 5.74) is 8.48. The van der Waals surface area contributed by atoms with Crippen LogP contribution in [-0.2, 0) is 12.8 Å². The van der Waals surface area contributed by atoms with Gasteiger partial charge in [0.1, 0.15) is 0 Å². The Hall–Kier alpha value is -1.03. The van der Waals surface area contributed by atoms with Crippen molar-refractivity contribution in [1.82, 2.24) is 0 Å². The molecule has 0 aliphatic heterocycles. The van der Waals surface area contributed by atoms with Gasteiger partial charge in [0.05, 0.1) is 0 Å². The van der Waals surface area contributed by atoms with Crippen LogP contribution in [0, 0.1) is 5.92 Å². The van der Waals surface area contributed by atoms with E-state index >= 15 is 0 Å². The average molecular weight is 257 g/mol. The summed E-state index contributed by atoms with van der Waals surface area (Å²) in [6.07, 6.45) is -2.18. The fraction of sp³-hybridized carbons (Fsp3) is 0.571. The zero-order valence-electron chi connectivity index (χ0n) is 10.2. The van der Waals surface area contributed by atoms with Crippen molar-refractivity contribution in [2.45, 2.75) is 44.3 Å². The molecule has 2 N–H and O–H groups in total. The Bertz CT molecular complexity index is 400. The third kappa shape index (κ3) is 3.48. The van der Waals surface area contributed by atoms with Crippen LogP contribution < -0.4 is 5.73 Å². The van der Waals surface area contributed by atoms with Gasteiger partial charge in [0, 0.05) is 12.5 Å². The van der Waals surface area contributed by atoms with E-state index in [0.29, 0.717) is 0 Å². The average Bonchev–Trinajstić information content (AvgIpc) is 2.34. The first-order chi connectivity index (χ1) is 8.46. The van der Waals surface area contributed by atoms with Crippen molar-refractivity contribution in [2.24, 2.45) is 11.7 Å². The number of hydrogen-bond acceptors (Lipinski definition) is 1. The van der Waals surface area contributed by atoms with Gasteiger partial charge in [0.25, 0.3) is 0 Å². The van der Waals surface area contributed by atoms with E-state index in [4.69, 9.17) is 5.73 Å². The van der Waals surface area contributed by atoms with E-state index in [2.05, 4.69) is 12.1 Å². The second-order valence-electron chi connectivity index (χ2n) is 5.09. The lowest BCUT2D eigenvalue weighted by Gasteiger charge is -2.29. The van der Waals surface area contributed by atoms with Crippen molar-refractivity contribution in [3.05, 3.63) is 35.4 Å². The third-order valence-corrected chi connectivity index (χ3v) is 3.75. The Balaban J connectivity index is 1.92. The summed E-state index contributed by atoms with van der Waals surface area (Å²) in [4.78, 5) is 0. The maximum Gasteiger partial charge on any atom is 0.389 e. The summed E-state index contributed by atoms with van der Waals surface area (Å²) in [7, 11) is 0. The third-order valence-electron chi connectivity index (χ3n) is 3.75. The number of halogens is 3. The van der Waals surface area contributed by atoms with Crippen molar-refractivity contribution in [2.75, 3.05) is 0 Å². The number of fused-ring (bicyclic) bond motifs is 1. The van der Waals surface area contributed by atoms with Gasteiger partial charge in [0.2, 0.25) is 0 Å². The molecule has 2 unspecified atom stereocenters. The van der Waals surface area contributed by atoms with Crippen molar-refractivity contribution in [3.63, 3.8) is 0 Å². The van der Waals surface area contributed by atoms with Crippen molar-refractivity contribution >= 4 is 0 Å². The molecule has 1 aromatic carbocycles. The molecule has 1 aliphatic rings. The van der Waals surface area contributed by atoms with E-state index in [1.54, 1.807) is 0 Å². The van der Waals surface area contributed by atoms with Crippen LogP contribution in [0.15, 0.2) is 24.3 Å². The first-order valence-electron chi connectivity index (χ1n) is 6.35. The molecule has 0 spiro atoms. The van der Waals surface area contributed by atoms with E-state index in [-0.39, 0.29) is 18.4 Å². The van der Waals surface area contributed by atoms with E-state index in [1.165, 1.54) is 11.1 Å². The molecule has 0 saturated carbocycles. The molecule has 100 valence electrons. The maximum absolute atomic E-state index is 12.2. The molecule has 0 saturated heterocycles. The van der Waals surface area contributed by atoms with Crippen LogP contribution in [0.2, 0.25) is 0 Å². The maximum atomic E-state index is 12.2. The SMILES string of the molecule is NC(CCC(F)(F)F)C1CCc2ccccc2C1. The molecule has 1 nitrogen and oxygen atoms in total. The van der Waals surface area contributed by atoms with Crippen LogP contribution in [0.4, 0.5) is 13.2 Å². The minimum absolute atomic E-state index is 0.0380. The molecule has 0 radical (unpaired) electrons. The molecule has 1 aromatic rings. The van der Waals surface area contributed by atoms with Gasteiger partial charge in [-0.1, -0.05) is 24.3 Å².